The maximum atomic E-state index is 12.6. The molecule has 2 aromatic carbocycles. The van der Waals surface area contributed by atoms with Crippen molar-refractivity contribution in [3.63, 3.8) is 0 Å². The molecule has 1 aliphatic rings. The lowest BCUT2D eigenvalue weighted by Crippen LogP contribution is -2.36. The Morgan fingerprint density at radius 3 is 2.45 bits per heavy atom. The van der Waals surface area contributed by atoms with Gasteiger partial charge >= 0.3 is 0 Å². The number of benzene rings is 2. The van der Waals surface area contributed by atoms with Crippen molar-refractivity contribution in [3.8, 4) is 0 Å². The van der Waals surface area contributed by atoms with Crippen LogP contribution in [-0.4, -0.2) is 28.5 Å². The molecule has 150 valence electrons. The van der Waals surface area contributed by atoms with Gasteiger partial charge in [-0.05, 0) is 59.1 Å². The van der Waals surface area contributed by atoms with Crippen LogP contribution in [0.1, 0.15) is 30.9 Å². The van der Waals surface area contributed by atoms with Gasteiger partial charge in [0.2, 0.25) is 5.91 Å². The smallest absolute Gasteiger partial charge is 0.294 e. The number of amides is 3. The van der Waals surface area contributed by atoms with E-state index in [4.69, 9.17) is 23.2 Å². The molecular weight excluding hydrogens is 431 g/mol. The Hall–Kier alpha value is -2.28. The maximum Gasteiger partial charge on any atom is 0.294 e. The molecule has 1 aliphatic heterocycles. The van der Waals surface area contributed by atoms with Gasteiger partial charge in [0.25, 0.3) is 11.1 Å². The van der Waals surface area contributed by atoms with Crippen LogP contribution >= 0.6 is 35.0 Å². The molecule has 29 heavy (non-hydrogen) atoms. The van der Waals surface area contributed by atoms with Crippen LogP contribution in [0.4, 0.5) is 10.5 Å². The van der Waals surface area contributed by atoms with E-state index in [1.54, 1.807) is 30.3 Å². The predicted octanol–water partition coefficient (Wildman–Crippen LogP) is 5.79. The van der Waals surface area contributed by atoms with Gasteiger partial charge in [0.1, 0.15) is 6.54 Å². The van der Waals surface area contributed by atoms with E-state index in [2.05, 4.69) is 19.2 Å². The zero-order valence-electron chi connectivity index (χ0n) is 15.7. The Morgan fingerprint density at radius 1 is 1.14 bits per heavy atom. The highest BCUT2D eigenvalue weighted by molar-refractivity contribution is 8.18. The van der Waals surface area contributed by atoms with Crippen LogP contribution in [0.15, 0.2) is 47.4 Å². The van der Waals surface area contributed by atoms with E-state index in [-0.39, 0.29) is 11.4 Å². The van der Waals surface area contributed by atoms with Crippen LogP contribution in [0.2, 0.25) is 10.0 Å². The number of nitrogens with zero attached hydrogens (tertiary/aromatic N) is 1. The molecule has 3 rings (SSSR count). The minimum Gasteiger partial charge on any atom is -0.325 e. The Morgan fingerprint density at radius 2 is 1.83 bits per heavy atom. The molecule has 8 heteroatoms. The number of thioether (sulfide) groups is 1. The first-order chi connectivity index (χ1) is 13.7. The summed E-state index contributed by atoms with van der Waals surface area (Å²) in [5.41, 5.74) is 2.33. The summed E-state index contributed by atoms with van der Waals surface area (Å²) in [7, 11) is 0. The molecule has 0 bridgehead atoms. The summed E-state index contributed by atoms with van der Waals surface area (Å²) in [6.45, 7) is 3.80. The van der Waals surface area contributed by atoms with Gasteiger partial charge in [-0.2, -0.15) is 0 Å². The molecule has 1 heterocycles. The van der Waals surface area contributed by atoms with Gasteiger partial charge in [0, 0.05) is 15.7 Å². The van der Waals surface area contributed by atoms with E-state index < -0.39 is 17.1 Å². The van der Waals surface area contributed by atoms with E-state index >= 15 is 0 Å². The summed E-state index contributed by atoms with van der Waals surface area (Å²) < 4.78 is 0. The van der Waals surface area contributed by atoms with Crippen molar-refractivity contribution in [2.45, 2.75) is 19.8 Å². The molecule has 3 amide bonds. The summed E-state index contributed by atoms with van der Waals surface area (Å²) in [6.07, 6.45) is 1.52. The van der Waals surface area contributed by atoms with Gasteiger partial charge in [-0.25, -0.2) is 0 Å². The van der Waals surface area contributed by atoms with Gasteiger partial charge in [0.05, 0.1) is 4.91 Å². The third-order valence-electron chi connectivity index (χ3n) is 4.29. The number of carbonyl (C=O) groups is 3. The number of rotatable bonds is 5. The van der Waals surface area contributed by atoms with Crippen molar-refractivity contribution < 1.29 is 14.4 Å². The molecule has 0 spiro atoms. The number of carbonyl (C=O) groups excluding carboxylic acids is 3. The number of hydrogen-bond donors (Lipinski definition) is 1. The summed E-state index contributed by atoms with van der Waals surface area (Å²) in [6, 6.07) is 12.3. The molecule has 1 N–H and O–H groups in total. The molecule has 5 nitrogen and oxygen atoms in total. The number of imide groups is 1. The quantitative estimate of drug-likeness (QED) is 0.587. The molecule has 1 saturated heterocycles. The molecule has 0 atom stereocenters. The van der Waals surface area contributed by atoms with Crippen molar-refractivity contribution in [1.29, 1.82) is 0 Å². The Balaban J connectivity index is 1.68. The third-order valence-corrected chi connectivity index (χ3v) is 5.76. The monoisotopic (exact) mass is 448 g/mol. The van der Waals surface area contributed by atoms with Gasteiger partial charge < -0.3 is 5.32 Å². The highest BCUT2D eigenvalue weighted by Gasteiger charge is 2.36. The maximum absolute atomic E-state index is 12.6. The van der Waals surface area contributed by atoms with Crippen molar-refractivity contribution in [3.05, 3.63) is 68.5 Å². The minimum absolute atomic E-state index is 0.202. The number of nitrogens with one attached hydrogen (secondary N) is 1. The molecule has 2 aromatic rings. The summed E-state index contributed by atoms with van der Waals surface area (Å²) in [5, 5.41) is 3.04. The van der Waals surface area contributed by atoms with Crippen molar-refractivity contribution in [2.24, 2.45) is 0 Å². The van der Waals surface area contributed by atoms with Crippen LogP contribution < -0.4 is 5.32 Å². The van der Waals surface area contributed by atoms with Crippen LogP contribution in [0.25, 0.3) is 6.08 Å². The molecule has 0 saturated carbocycles. The standard InChI is InChI=1S/C21H18Cl2N2O3S/c1-12(2)13-4-7-16(8-5-13)24-19(26)11-25-20(27)18(29-21(25)28)9-14-3-6-15(22)10-17(14)23/h3-10,12H,11H2,1-2H3,(H,24,26)/b18-9+. The van der Waals surface area contributed by atoms with Crippen LogP contribution in [0, 0.1) is 0 Å². The van der Waals surface area contributed by atoms with Gasteiger partial charge in [-0.3, -0.25) is 19.3 Å². The summed E-state index contributed by atoms with van der Waals surface area (Å²) in [4.78, 5) is 38.2. The van der Waals surface area contributed by atoms with E-state index in [0.29, 0.717) is 27.2 Å². The Kier molecular flexibility index (Phi) is 6.67. The van der Waals surface area contributed by atoms with Gasteiger partial charge in [0.15, 0.2) is 0 Å². The Bertz CT molecular complexity index is 1000. The van der Waals surface area contributed by atoms with Crippen LogP contribution in [-0.2, 0) is 9.59 Å². The van der Waals surface area contributed by atoms with Gasteiger partial charge in [-0.1, -0.05) is 55.2 Å². The second kappa shape index (κ2) is 9.03. The zero-order valence-corrected chi connectivity index (χ0v) is 18.1. The van der Waals surface area contributed by atoms with E-state index in [9.17, 15) is 14.4 Å². The van der Waals surface area contributed by atoms with Crippen molar-refractivity contribution in [2.75, 3.05) is 11.9 Å². The van der Waals surface area contributed by atoms with E-state index in [0.717, 1.165) is 22.2 Å². The fourth-order valence-corrected chi connectivity index (χ4v) is 3.98. The fraction of sp³-hybridized carbons (Fsp3) is 0.190. The van der Waals surface area contributed by atoms with Crippen molar-refractivity contribution in [1.82, 2.24) is 4.90 Å². The third kappa shape index (κ3) is 5.21. The normalized spacial score (nSPS) is 15.5. The van der Waals surface area contributed by atoms with E-state index in [1.807, 2.05) is 12.1 Å². The fourth-order valence-electron chi connectivity index (χ4n) is 2.69. The number of halogens is 2. The molecular formula is C21H18Cl2N2O3S. The first kappa shape index (κ1) is 21.4. The zero-order chi connectivity index (χ0) is 21.1. The highest BCUT2D eigenvalue weighted by atomic mass is 35.5. The first-order valence-corrected chi connectivity index (χ1v) is 10.4. The van der Waals surface area contributed by atoms with Crippen LogP contribution in [0.5, 0.6) is 0 Å². The lowest BCUT2D eigenvalue weighted by atomic mass is 10.0. The topological polar surface area (TPSA) is 66.5 Å². The van der Waals surface area contributed by atoms with Crippen molar-refractivity contribution >= 4 is 63.8 Å². The highest BCUT2D eigenvalue weighted by Crippen LogP contribution is 2.34. The SMILES string of the molecule is CC(C)c1ccc(NC(=O)CN2C(=O)S/C(=C/c3ccc(Cl)cc3Cl)C2=O)cc1. The molecule has 1 fully saturated rings. The summed E-state index contributed by atoms with van der Waals surface area (Å²) >= 11 is 12.8. The predicted molar refractivity (Wildman–Crippen MR) is 118 cm³/mol. The largest absolute Gasteiger partial charge is 0.325 e. The molecule has 0 aromatic heterocycles. The lowest BCUT2D eigenvalue weighted by Gasteiger charge is -2.13. The Labute approximate surface area is 183 Å². The second-order valence-electron chi connectivity index (χ2n) is 6.76. The van der Waals surface area contributed by atoms with E-state index in [1.165, 1.54) is 6.08 Å². The molecule has 0 aliphatic carbocycles. The lowest BCUT2D eigenvalue weighted by molar-refractivity contribution is -0.127. The van der Waals surface area contributed by atoms with Crippen LogP contribution in [0.3, 0.4) is 0 Å². The average Bonchev–Trinajstić information content (AvgIpc) is 2.92. The minimum atomic E-state index is -0.531. The first-order valence-electron chi connectivity index (χ1n) is 8.85. The summed E-state index contributed by atoms with van der Waals surface area (Å²) in [5.74, 6) is -0.595. The molecule has 0 radical (unpaired) electrons. The van der Waals surface area contributed by atoms with Gasteiger partial charge in [-0.15, -0.1) is 0 Å². The number of anilines is 1. The molecule has 0 unspecified atom stereocenters. The number of hydrogen-bond acceptors (Lipinski definition) is 4. The average molecular weight is 449 g/mol. The second-order valence-corrected chi connectivity index (χ2v) is 8.60.